The molecule has 5 heteroatoms. The first-order chi connectivity index (χ1) is 13.3. The van der Waals surface area contributed by atoms with Crippen LogP contribution >= 0.6 is 0 Å². The van der Waals surface area contributed by atoms with E-state index in [9.17, 15) is 9.59 Å². The van der Waals surface area contributed by atoms with Gasteiger partial charge < -0.3 is 15.6 Å². The van der Waals surface area contributed by atoms with Crippen LogP contribution in [0.4, 0.5) is 5.69 Å². The van der Waals surface area contributed by atoms with Gasteiger partial charge in [-0.3, -0.25) is 9.59 Å². The van der Waals surface area contributed by atoms with Crippen molar-refractivity contribution in [2.24, 2.45) is 5.73 Å². The maximum atomic E-state index is 12.8. The molecule has 3 aromatic rings. The lowest BCUT2D eigenvalue weighted by Gasteiger charge is -2.12. The van der Waals surface area contributed by atoms with Crippen molar-refractivity contribution in [3.63, 3.8) is 0 Å². The molecular weight excluding hydrogens is 350 g/mol. The Labute approximate surface area is 165 Å². The molecule has 2 aromatic carbocycles. The zero-order valence-corrected chi connectivity index (χ0v) is 16.6. The summed E-state index contributed by atoms with van der Waals surface area (Å²) in [4.78, 5) is 24.2. The van der Waals surface area contributed by atoms with Gasteiger partial charge in [-0.15, -0.1) is 0 Å². The fraction of sp³-hybridized carbons (Fsp3) is 0.217. The summed E-state index contributed by atoms with van der Waals surface area (Å²) in [7, 11) is 0. The van der Waals surface area contributed by atoms with Gasteiger partial charge in [-0.25, -0.2) is 0 Å². The average Bonchev–Trinajstić information content (AvgIpc) is 2.96. The highest BCUT2D eigenvalue weighted by Gasteiger charge is 2.17. The number of primary amides is 1. The van der Waals surface area contributed by atoms with Crippen LogP contribution < -0.4 is 11.1 Å². The van der Waals surface area contributed by atoms with Crippen LogP contribution in [-0.2, 0) is 0 Å². The Morgan fingerprint density at radius 2 is 1.68 bits per heavy atom. The smallest absolute Gasteiger partial charge is 0.257 e. The molecule has 28 heavy (non-hydrogen) atoms. The monoisotopic (exact) mass is 375 g/mol. The number of nitrogens with one attached hydrogen (secondary N) is 1. The molecule has 3 N–H and O–H groups in total. The predicted molar refractivity (Wildman–Crippen MR) is 112 cm³/mol. The van der Waals surface area contributed by atoms with E-state index in [1.165, 1.54) is 5.56 Å². The fourth-order valence-electron chi connectivity index (χ4n) is 3.35. The summed E-state index contributed by atoms with van der Waals surface area (Å²) in [6.45, 7) is 8.24. The SMILES string of the molecule is Cc1cc(C(=O)Nc2cccc(C(N)=O)c2)c(C)n1-c1ccc(C(C)C)cc1. The summed E-state index contributed by atoms with van der Waals surface area (Å²) in [5.41, 5.74) is 10.9. The molecule has 0 saturated heterocycles. The van der Waals surface area contributed by atoms with Crippen molar-refractivity contribution in [3.8, 4) is 5.69 Å². The third kappa shape index (κ3) is 3.83. The Morgan fingerprint density at radius 1 is 1.00 bits per heavy atom. The number of anilines is 1. The van der Waals surface area contributed by atoms with E-state index < -0.39 is 5.91 Å². The minimum absolute atomic E-state index is 0.222. The third-order valence-corrected chi connectivity index (χ3v) is 4.90. The van der Waals surface area contributed by atoms with Crippen LogP contribution in [0.5, 0.6) is 0 Å². The van der Waals surface area contributed by atoms with Gasteiger partial charge in [0.2, 0.25) is 5.91 Å². The van der Waals surface area contributed by atoms with Crippen molar-refractivity contribution in [1.82, 2.24) is 4.57 Å². The molecular formula is C23H25N3O2. The Balaban J connectivity index is 1.89. The quantitative estimate of drug-likeness (QED) is 0.685. The van der Waals surface area contributed by atoms with Gasteiger partial charge in [0.05, 0.1) is 5.56 Å². The van der Waals surface area contributed by atoms with Gasteiger partial charge in [0.1, 0.15) is 0 Å². The van der Waals surface area contributed by atoms with Crippen molar-refractivity contribution in [2.75, 3.05) is 5.32 Å². The summed E-state index contributed by atoms with van der Waals surface area (Å²) in [5.74, 6) is -0.280. The number of nitrogens with zero attached hydrogens (tertiary/aromatic N) is 1. The molecule has 2 amide bonds. The lowest BCUT2D eigenvalue weighted by atomic mass is 10.0. The summed E-state index contributed by atoms with van der Waals surface area (Å²) in [6.07, 6.45) is 0. The van der Waals surface area contributed by atoms with Gasteiger partial charge in [-0.2, -0.15) is 0 Å². The van der Waals surface area contributed by atoms with E-state index in [0.717, 1.165) is 17.1 Å². The van der Waals surface area contributed by atoms with E-state index in [4.69, 9.17) is 5.73 Å². The molecule has 0 bridgehead atoms. The van der Waals surface area contributed by atoms with Crippen molar-refractivity contribution in [3.05, 3.63) is 82.7 Å². The number of carbonyl (C=O) groups excluding carboxylic acids is 2. The van der Waals surface area contributed by atoms with E-state index in [1.807, 2.05) is 19.9 Å². The number of amides is 2. The molecule has 0 atom stereocenters. The molecule has 1 aromatic heterocycles. The van der Waals surface area contributed by atoms with E-state index >= 15 is 0 Å². The molecule has 0 unspecified atom stereocenters. The van der Waals surface area contributed by atoms with Crippen molar-refractivity contribution >= 4 is 17.5 Å². The molecule has 0 aliphatic heterocycles. The highest BCUT2D eigenvalue weighted by atomic mass is 16.2. The van der Waals surface area contributed by atoms with Gasteiger partial charge in [-0.1, -0.05) is 32.0 Å². The van der Waals surface area contributed by atoms with Crippen molar-refractivity contribution in [2.45, 2.75) is 33.6 Å². The number of carbonyl (C=O) groups is 2. The summed E-state index contributed by atoms with van der Waals surface area (Å²) >= 11 is 0. The summed E-state index contributed by atoms with van der Waals surface area (Å²) in [5, 5.41) is 2.85. The van der Waals surface area contributed by atoms with Gasteiger partial charge >= 0.3 is 0 Å². The summed E-state index contributed by atoms with van der Waals surface area (Å²) < 4.78 is 2.07. The molecule has 0 aliphatic carbocycles. The Hall–Kier alpha value is -3.34. The maximum absolute atomic E-state index is 12.8. The first-order valence-corrected chi connectivity index (χ1v) is 9.28. The number of nitrogens with two attached hydrogens (primary N) is 1. The number of benzene rings is 2. The Bertz CT molecular complexity index is 1030. The van der Waals surface area contributed by atoms with Crippen molar-refractivity contribution < 1.29 is 9.59 Å². The highest BCUT2D eigenvalue weighted by molar-refractivity contribution is 6.06. The zero-order chi connectivity index (χ0) is 20.4. The molecule has 1 heterocycles. The second kappa shape index (κ2) is 7.72. The molecule has 3 rings (SSSR count). The molecule has 0 aliphatic rings. The molecule has 5 nitrogen and oxygen atoms in total. The fourth-order valence-corrected chi connectivity index (χ4v) is 3.35. The normalized spacial score (nSPS) is 10.9. The van der Waals surface area contributed by atoms with Gasteiger partial charge in [-0.05, 0) is 61.7 Å². The number of hydrogen-bond donors (Lipinski definition) is 2. The average molecular weight is 375 g/mol. The van der Waals surface area contributed by atoms with Gasteiger partial charge in [0.25, 0.3) is 5.91 Å². The molecule has 0 spiro atoms. The number of aromatic nitrogens is 1. The van der Waals surface area contributed by atoms with Crippen LogP contribution in [0.1, 0.15) is 57.4 Å². The lowest BCUT2D eigenvalue weighted by molar-refractivity contribution is 0.0996. The van der Waals surface area contributed by atoms with E-state index in [0.29, 0.717) is 22.7 Å². The molecule has 0 saturated carbocycles. The van der Waals surface area contributed by atoms with Gasteiger partial charge in [0.15, 0.2) is 0 Å². The first-order valence-electron chi connectivity index (χ1n) is 9.28. The van der Waals surface area contributed by atoms with Crippen LogP contribution in [0.15, 0.2) is 54.6 Å². The van der Waals surface area contributed by atoms with E-state index in [1.54, 1.807) is 24.3 Å². The number of hydrogen-bond acceptors (Lipinski definition) is 2. The van der Waals surface area contributed by atoms with Crippen LogP contribution in [0.3, 0.4) is 0 Å². The minimum Gasteiger partial charge on any atom is -0.366 e. The topological polar surface area (TPSA) is 77.1 Å². The third-order valence-electron chi connectivity index (χ3n) is 4.90. The van der Waals surface area contributed by atoms with Crippen LogP contribution in [0.25, 0.3) is 5.69 Å². The lowest BCUT2D eigenvalue weighted by Crippen LogP contribution is -2.15. The standard InChI is InChI=1S/C23H25N3O2/c1-14(2)17-8-10-20(11-9-17)26-15(3)12-21(16(26)4)23(28)25-19-7-5-6-18(13-19)22(24)27/h5-14H,1-4H3,(H2,24,27)(H,25,28). The largest absolute Gasteiger partial charge is 0.366 e. The van der Waals surface area contributed by atoms with Crippen molar-refractivity contribution in [1.29, 1.82) is 0 Å². The van der Waals surface area contributed by atoms with Crippen LogP contribution in [0, 0.1) is 13.8 Å². The summed E-state index contributed by atoms with van der Waals surface area (Å²) in [6, 6.07) is 16.9. The molecule has 144 valence electrons. The predicted octanol–water partition coefficient (Wildman–Crippen LogP) is 4.57. The zero-order valence-electron chi connectivity index (χ0n) is 16.6. The van der Waals surface area contributed by atoms with E-state index in [2.05, 4.69) is 48.0 Å². The number of rotatable bonds is 5. The second-order valence-electron chi connectivity index (χ2n) is 7.27. The van der Waals surface area contributed by atoms with E-state index in [-0.39, 0.29) is 5.91 Å². The highest BCUT2D eigenvalue weighted by Crippen LogP contribution is 2.24. The molecule has 0 fully saturated rings. The second-order valence-corrected chi connectivity index (χ2v) is 7.27. The van der Waals surface area contributed by atoms with Crippen LogP contribution in [0.2, 0.25) is 0 Å². The van der Waals surface area contributed by atoms with Gasteiger partial charge in [0, 0.05) is 28.3 Å². The Kier molecular flexibility index (Phi) is 5.36. The Morgan fingerprint density at radius 3 is 2.29 bits per heavy atom. The maximum Gasteiger partial charge on any atom is 0.257 e. The minimum atomic E-state index is -0.529. The van der Waals surface area contributed by atoms with Crippen LogP contribution in [-0.4, -0.2) is 16.4 Å². The first kappa shape index (κ1) is 19.4. The molecule has 0 radical (unpaired) electrons. The number of aryl methyl sites for hydroxylation is 1.